The Hall–Kier alpha value is -0.530. The van der Waals surface area contributed by atoms with E-state index in [1.807, 2.05) is 32.0 Å². The molecule has 1 aromatic carbocycles. The number of aryl methyl sites for hydroxylation is 1. The maximum absolute atomic E-state index is 6.11. The molecule has 0 radical (unpaired) electrons. The Bertz CT molecular complexity index is 305. The van der Waals surface area contributed by atoms with Crippen LogP contribution in [0.3, 0.4) is 0 Å². The highest BCUT2D eigenvalue weighted by Crippen LogP contribution is 2.28. The molecule has 0 saturated heterocycles. The molecule has 0 aromatic heterocycles. The molecule has 2 N–H and O–H groups in total. The average Bonchev–Trinajstić information content (AvgIpc) is 2.03. The van der Waals surface area contributed by atoms with Crippen molar-refractivity contribution >= 4 is 11.6 Å². The number of benzene rings is 1. The van der Waals surface area contributed by atoms with Crippen molar-refractivity contribution in [2.45, 2.75) is 32.7 Å². The third kappa shape index (κ3) is 2.23. The van der Waals surface area contributed by atoms with Crippen LogP contribution in [-0.4, -0.2) is 0 Å². The van der Waals surface area contributed by atoms with Gasteiger partial charge in [-0.05, 0) is 37.5 Å². The molecular formula is C11H16ClN. The minimum Gasteiger partial charge on any atom is -0.322 e. The summed E-state index contributed by atoms with van der Waals surface area (Å²) in [6.07, 6.45) is 0.885. The van der Waals surface area contributed by atoms with Crippen LogP contribution >= 0.6 is 11.6 Å². The lowest BCUT2D eigenvalue weighted by Gasteiger charge is -2.24. The molecule has 1 atom stereocenters. The first-order valence-corrected chi connectivity index (χ1v) is 4.90. The lowest BCUT2D eigenvalue weighted by atomic mass is 9.90. The van der Waals surface area contributed by atoms with Gasteiger partial charge in [-0.25, -0.2) is 0 Å². The van der Waals surface area contributed by atoms with Gasteiger partial charge in [-0.15, -0.1) is 0 Å². The number of nitrogens with two attached hydrogens (primary N) is 1. The third-order valence-electron chi connectivity index (χ3n) is 2.47. The van der Waals surface area contributed by atoms with E-state index in [2.05, 4.69) is 6.92 Å². The molecular weight excluding hydrogens is 182 g/mol. The summed E-state index contributed by atoms with van der Waals surface area (Å²) in [5.41, 5.74) is 7.99. The van der Waals surface area contributed by atoms with Gasteiger partial charge in [0.05, 0.1) is 0 Å². The lowest BCUT2D eigenvalue weighted by Crippen LogP contribution is -2.32. The Morgan fingerprint density at radius 3 is 2.54 bits per heavy atom. The number of halogens is 1. The molecule has 0 fully saturated rings. The molecule has 1 nitrogen and oxygen atoms in total. The van der Waals surface area contributed by atoms with Gasteiger partial charge in [0.15, 0.2) is 0 Å². The zero-order valence-corrected chi connectivity index (χ0v) is 9.15. The van der Waals surface area contributed by atoms with Gasteiger partial charge in [0.2, 0.25) is 0 Å². The molecule has 0 bridgehead atoms. The van der Waals surface area contributed by atoms with Crippen LogP contribution in [0, 0.1) is 6.92 Å². The molecule has 0 aliphatic rings. The third-order valence-corrected chi connectivity index (χ3v) is 2.79. The average molecular weight is 198 g/mol. The second kappa shape index (κ2) is 3.69. The largest absolute Gasteiger partial charge is 0.322 e. The maximum atomic E-state index is 6.11. The molecule has 2 heteroatoms. The molecule has 1 aromatic rings. The van der Waals surface area contributed by atoms with Crippen LogP contribution in [0.25, 0.3) is 0 Å². The highest BCUT2D eigenvalue weighted by molar-refractivity contribution is 6.31. The summed E-state index contributed by atoms with van der Waals surface area (Å²) in [7, 11) is 0. The van der Waals surface area contributed by atoms with Crippen LogP contribution in [-0.2, 0) is 5.54 Å². The van der Waals surface area contributed by atoms with E-state index in [0.29, 0.717) is 0 Å². The zero-order valence-electron chi connectivity index (χ0n) is 8.39. The van der Waals surface area contributed by atoms with Crippen molar-refractivity contribution in [3.63, 3.8) is 0 Å². The summed E-state index contributed by atoms with van der Waals surface area (Å²) in [4.78, 5) is 0. The van der Waals surface area contributed by atoms with Crippen LogP contribution in [0.2, 0.25) is 5.02 Å². The number of hydrogen-bond acceptors (Lipinski definition) is 1. The standard InChI is InChI=1S/C11H16ClN/c1-4-11(3,13)9-6-5-8(2)7-10(9)12/h5-7H,4,13H2,1-3H3. The smallest absolute Gasteiger partial charge is 0.0459 e. The van der Waals surface area contributed by atoms with Gasteiger partial charge in [-0.1, -0.05) is 30.7 Å². The van der Waals surface area contributed by atoms with Crippen LogP contribution in [0.4, 0.5) is 0 Å². The minimum absolute atomic E-state index is 0.315. The molecule has 13 heavy (non-hydrogen) atoms. The molecule has 0 aliphatic carbocycles. The summed E-state index contributed by atoms with van der Waals surface area (Å²) in [6.45, 7) is 6.09. The predicted octanol–water partition coefficient (Wildman–Crippen LogP) is 3.23. The quantitative estimate of drug-likeness (QED) is 0.774. The Morgan fingerprint density at radius 1 is 1.46 bits per heavy atom. The van der Waals surface area contributed by atoms with Crippen LogP contribution in [0.15, 0.2) is 18.2 Å². The molecule has 0 aliphatic heterocycles. The van der Waals surface area contributed by atoms with Crippen LogP contribution in [0.1, 0.15) is 31.4 Å². The number of rotatable bonds is 2. The molecule has 0 heterocycles. The lowest BCUT2D eigenvalue weighted by molar-refractivity contribution is 0.476. The van der Waals surface area contributed by atoms with Gasteiger partial charge in [0.25, 0.3) is 0 Å². The van der Waals surface area contributed by atoms with Gasteiger partial charge >= 0.3 is 0 Å². The Morgan fingerprint density at radius 2 is 2.08 bits per heavy atom. The van der Waals surface area contributed by atoms with Gasteiger partial charge in [0.1, 0.15) is 0 Å². The first-order valence-electron chi connectivity index (χ1n) is 4.53. The van der Waals surface area contributed by atoms with Crippen molar-refractivity contribution in [3.05, 3.63) is 34.3 Å². The van der Waals surface area contributed by atoms with E-state index in [9.17, 15) is 0 Å². The number of hydrogen-bond donors (Lipinski definition) is 1. The molecule has 0 amide bonds. The highest BCUT2D eigenvalue weighted by Gasteiger charge is 2.20. The van der Waals surface area contributed by atoms with Gasteiger partial charge in [0, 0.05) is 10.6 Å². The normalized spacial score (nSPS) is 15.5. The Labute approximate surface area is 84.9 Å². The second-order valence-electron chi connectivity index (χ2n) is 3.75. The van der Waals surface area contributed by atoms with E-state index >= 15 is 0 Å². The van der Waals surface area contributed by atoms with Crippen molar-refractivity contribution in [1.82, 2.24) is 0 Å². The Balaban J connectivity index is 3.16. The molecule has 1 unspecified atom stereocenters. The summed E-state index contributed by atoms with van der Waals surface area (Å²) in [6, 6.07) is 6.01. The second-order valence-corrected chi connectivity index (χ2v) is 4.16. The highest BCUT2D eigenvalue weighted by atomic mass is 35.5. The van der Waals surface area contributed by atoms with Crippen LogP contribution < -0.4 is 5.73 Å². The minimum atomic E-state index is -0.315. The van der Waals surface area contributed by atoms with Crippen molar-refractivity contribution in [2.75, 3.05) is 0 Å². The van der Waals surface area contributed by atoms with Gasteiger partial charge < -0.3 is 5.73 Å². The van der Waals surface area contributed by atoms with E-state index < -0.39 is 0 Å². The van der Waals surface area contributed by atoms with Crippen molar-refractivity contribution in [2.24, 2.45) is 5.73 Å². The fourth-order valence-electron chi connectivity index (χ4n) is 1.27. The maximum Gasteiger partial charge on any atom is 0.0459 e. The SMILES string of the molecule is CCC(C)(N)c1ccc(C)cc1Cl. The summed E-state index contributed by atoms with van der Waals surface area (Å²) in [5, 5.41) is 0.770. The molecule has 0 spiro atoms. The zero-order chi connectivity index (χ0) is 10.1. The first kappa shape index (κ1) is 10.6. The van der Waals surface area contributed by atoms with E-state index in [1.54, 1.807) is 0 Å². The summed E-state index contributed by atoms with van der Waals surface area (Å²) in [5.74, 6) is 0. The van der Waals surface area contributed by atoms with Crippen molar-refractivity contribution in [1.29, 1.82) is 0 Å². The fraction of sp³-hybridized carbons (Fsp3) is 0.455. The summed E-state index contributed by atoms with van der Waals surface area (Å²) < 4.78 is 0. The van der Waals surface area contributed by atoms with Crippen molar-refractivity contribution < 1.29 is 0 Å². The van der Waals surface area contributed by atoms with E-state index in [4.69, 9.17) is 17.3 Å². The molecule has 1 rings (SSSR count). The van der Waals surface area contributed by atoms with E-state index in [0.717, 1.165) is 17.0 Å². The first-order chi connectivity index (χ1) is 5.97. The monoisotopic (exact) mass is 197 g/mol. The van der Waals surface area contributed by atoms with E-state index in [-0.39, 0.29) is 5.54 Å². The molecule has 72 valence electrons. The topological polar surface area (TPSA) is 26.0 Å². The van der Waals surface area contributed by atoms with E-state index in [1.165, 1.54) is 5.56 Å². The van der Waals surface area contributed by atoms with Gasteiger partial charge in [-0.3, -0.25) is 0 Å². The Kier molecular flexibility index (Phi) is 2.99. The van der Waals surface area contributed by atoms with Crippen molar-refractivity contribution in [3.8, 4) is 0 Å². The van der Waals surface area contributed by atoms with Gasteiger partial charge in [-0.2, -0.15) is 0 Å². The predicted molar refractivity (Wildman–Crippen MR) is 58.0 cm³/mol. The summed E-state index contributed by atoms with van der Waals surface area (Å²) >= 11 is 6.11. The molecule has 0 saturated carbocycles. The fourth-order valence-corrected chi connectivity index (χ4v) is 1.72. The van der Waals surface area contributed by atoms with Crippen LogP contribution in [0.5, 0.6) is 0 Å².